The summed E-state index contributed by atoms with van der Waals surface area (Å²) in [7, 11) is 0. The van der Waals surface area contributed by atoms with E-state index in [1.54, 1.807) is 0 Å². The Labute approximate surface area is 223 Å². The first-order valence-corrected chi connectivity index (χ1v) is 13.8. The Morgan fingerprint density at radius 2 is 1.39 bits per heavy atom. The van der Waals surface area contributed by atoms with Crippen LogP contribution in [0.4, 0.5) is 4.79 Å². The lowest BCUT2D eigenvalue weighted by Crippen LogP contribution is -2.56. The molecule has 1 aromatic heterocycles. The van der Waals surface area contributed by atoms with Crippen LogP contribution in [0.25, 0.3) is 22.2 Å². The molecule has 3 amide bonds. The molecule has 4 heterocycles. The number of piperazine rings is 1. The Kier molecular flexibility index (Phi) is 7.25. The van der Waals surface area contributed by atoms with Crippen LogP contribution >= 0.6 is 0 Å². The Bertz CT molecular complexity index is 1280. The number of rotatable bonds is 3. The maximum Gasteiger partial charge on any atom is 0.320 e. The van der Waals surface area contributed by atoms with Gasteiger partial charge in [-0.05, 0) is 25.0 Å². The van der Waals surface area contributed by atoms with E-state index in [2.05, 4.69) is 4.90 Å². The molecule has 0 atom stereocenters. The molecule has 3 aromatic rings. The molecule has 8 nitrogen and oxygen atoms in total. The van der Waals surface area contributed by atoms with Crippen molar-refractivity contribution in [1.29, 1.82) is 0 Å². The number of nitrogens with zero attached hydrogens (tertiary/aromatic N) is 5. The van der Waals surface area contributed by atoms with E-state index in [0.717, 1.165) is 66.7 Å². The van der Waals surface area contributed by atoms with E-state index >= 15 is 0 Å². The van der Waals surface area contributed by atoms with Gasteiger partial charge in [0.25, 0.3) is 5.91 Å². The molecule has 2 aromatic carbocycles. The number of ether oxygens (including phenoxy) is 1. The van der Waals surface area contributed by atoms with Gasteiger partial charge < -0.3 is 19.4 Å². The highest BCUT2D eigenvalue weighted by Gasteiger charge is 2.32. The average molecular weight is 514 g/mol. The number of benzene rings is 2. The zero-order chi connectivity index (χ0) is 25.9. The van der Waals surface area contributed by atoms with Crippen LogP contribution in [0.2, 0.25) is 0 Å². The third kappa shape index (κ3) is 5.11. The van der Waals surface area contributed by atoms with Gasteiger partial charge in [0.1, 0.15) is 0 Å². The minimum atomic E-state index is 0.0753. The fourth-order valence-electron chi connectivity index (χ4n) is 5.95. The molecule has 3 fully saturated rings. The van der Waals surface area contributed by atoms with Crippen molar-refractivity contribution in [3.05, 3.63) is 66.2 Å². The fraction of sp³-hybridized carbons (Fsp3) is 0.433. The first-order chi connectivity index (χ1) is 18.7. The quantitative estimate of drug-likeness (QED) is 0.536. The minimum absolute atomic E-state index is 0.0753. The molecule has 0 bridgehead atoms. The molecule has 8 heteroatoms. The molecule has 0 radical (unpaired) electrons. The second kappa shape index (κ2) is 11.1. The van der Waals surface area contributed by atoms with Gasteiger partial charge in [0.05, 0.1) is 30.0 Å². The first kappa shape index (κ1) is 24.8. The molecule has 38 heavy (non-hydrogen) atoms. The van der Waals surface area contributed by atoms with Crippen molar-refractivity contribution >= 4 is 22.8 Å². The SMILES string of the molecule is O=C(c1cc(-c2ccccc2)nc2ccccc12)N1CCN(C2CCN(C(=O)N3CCOCC3)CC2)CC1. The number of hydrogen-bond acceptors (Lipinski definition) is 5. The molecule has 3 aliphatic heterocycles. The highest BCUT2D eigenvalue weighted by molar-refractivity contribution is 6.07. The van der Waals surface area contributed by atoms with Gasteiger partial charge in [0, 0.05) is 69.3 Å². The Hall–Kier alpha value is -3.49. The summed E-state index contributed by atoms with van der Waals surface area (Å²) in [5, 5.41) is 0.900. The van der Waals surface area contributed by atoms with Crippen molar-refractivity contribution in [2.75, 3.05) is 65.6 Å². The van der Waals surface area contributed by atoms with E-state index in [-0.39, 0.29) is 11.9 Å². The number of hydrogen-bond donors (Lipinski definition) is 0. The molecular formula is C30H35N5O3. The van der Waals surface area contributed by atoms with Crippen molar-refractivity contribution in [1.82, 2.24) is 24.6 Å². The normalized spacial score (nSPS) is 19.6. The zero-order valence-electron chi connectivity index (χ0n) is 21.8. The Morgan fingerprint density at radius 1 is 0.737 bits per heavy atom. The molecule has 3 aliphatic rings. The van der Waals surface area contributed by atoms with E-state index in [1.807, 2.05) is 75.4 Å². The molecule has 198 valence electrons. The number of urea groups is 1. The van der Waals surface area contributed by atoms with Crippen LogP contribution in [0.1, 0.15) is 23.2 Å². The van der Waals surface area contributed by atoms with Crippen LogP contribution < -0.4 is 0 Å². The number of para-hydroxylation sites is 1. The van der Waals surface area contributed by atoms with E-state index in [0.29, 0.717) is 45.4 Å². The lowest BCUT2D eigenvalue weighted by molar-refractivity contribution is 0.0313. The molecule has 0 unspecified atom stereocenters. The van der Waals surface area contributed by atoms with E-state index < -0.39 is 0 Å². The monoisotopic (exact) mass is 513 g/mol. The zero-order valence-corrected chi connectivity index (χ0v) is 21.8. The van der Waals surface area contributed by atoms with Crippen LogP contribution in [0.5, 0.6) is 0 Å². The van der Waals surface area contributed by atoms with Gasteiger partial charge in [-0.1, -0.05) is 48.5 Å². The topological polar surface area (TPSA) is 69.2 Å². The fourth-order valence-corrected chi connectivity index (χ4v) is 5.95. The van der Waals surface area contributed by atoms with Crippen molar-refractivity contribution in [3.8, 4) is 11.3 Å². The summed E-state index contributed by atoms with van der Waals surface area (Å²) in [4.78, 5) is 39.9. The van der Waals surface area contributed by atoms with Gasteiger partial charge in [-0.25, -0.2) is 9.78 Å². The summed E-state index contributed by atoms with van der Waals surface area (Å²) in [6.45, 7) is 7.39. The molecule has 6 rings (SSSR count). The summed E-state index contributed by atoms with van der Waals surface area (Å²) in [6.07, 6.45) is 1.97. The average Bonchev–Trinajstić information content (AvgIpc) is 3.01. The Morgan fingerprint density at radius 3 is 2.13 bits per heavy atom. The van der Waals surface area contributed by atoms with Gasteiger partial charge in [-0.3, -0.25) is 9.69 Å². The molecule has 0 spiro atoms. The van der Waals surface area contributed by atoms with Crippen LogP contribution in [0.15, 0.2) is 60.7 Å². The third-order valence-corrected chi connectivity index (χ3v) is 8.15. The maximum absolute atomic E-state index is 13.8. The lowest BCUT2D eigenvalue weighted by atomic mass is 10.0. The molecule has 0 N–H and O–H groups in total. The minimum Gasteiger partial charge on any atom is -0.378 e. The maximum atomic E-state index is 13.8. The van der Waals surface area contributed by atoms with E-state index in [1.165, 1.54) is 0 Å². The summed E-state index contributed by atoms with van der Waals surface area (Å²) in [6, 6.07) is 20.5. The highest BCUT2D eigenvalue weighted by Crippen LogP contribution is 2.27. The van der Waals surface area contributed by atoms with Gasteiger partial charge in [-0.15, -0.1) is 0 Å². The highest BCUT2D eigenvalue weighted by atomic mass is 16.5. The number of piperidine rings is 1. The number of carbonyl (C=O) groups is 2. The number of morpholine rings is 1. The summed E-state index contributed by atoms with van der Waals surface area (Å²) in [5.41, 5.74) is 3.40. The number of pyridine rings is 1. The number of amides is 3. The molecule has 0 saturated carbocycles. The summed E-state index contributed by atoms with van der Waals surface area (Å²) < 4.78 is 5.38. The number of fused-ring (bicyclic) bond motifs is 1. The molecule has 0 aliphatic carbocycles. The second-order valence-corrected chi connectivity index (χ2v) is 10.4. The number of carbonyl (C=O) groups excluding carboxylic acids is 2. The van der Waals surface area contributed by atoms with Crippen molar-refractivity contribution < 1.29 is 14.3 Å². The van der Waals surface area contributed by atoms with Crippen molar-refractivity contribution in [2.24, 2.45) is 0 Å². The molecule has 3 saturated heterocycles. The van der Waals surface area contributed by atoms with Crippen LogP contribution in [0, 0.1) is 0 Å². The predicted molar refractivity (Wildman–Crippen MR) is 147 cm³/mol. The van der Waals surface area contributed by atoms with Crippen LogP contribution in [-0.4, -0.2) is 108 Å². The first-order valence-electron chi connectivity index (χ1n) is 13.8. The van der Waals surface area contributed by atoms with E-state index in [4.69, 9.17) is 9.72 Å². The van der Waals surface area contributed by atoms with Gasteiger partial charge >= 0.3 is 6.03 Å². The smallest absolute Gasteiger partial charge is 0.320 e. The van der Waals surface area contributed by atoms with Crippen molar-refractivity contribution in [3.63, 3.8) is 0 Å². The predicted octanol–water partition coefficient (Wildman–Crippen LogP) is 3.58. The standard InChI is InChI=1S/C30H35N5O3/c36-29(26-22-28(23-6-2-1-3-7-23)31-27-9-5-4-8-25(26)27)33-16-14-32(15-17-33)24-10-12-34(13-11-24)30(37)35-18-20-38-21-19-35/h1-9,22,24H,10-21H2. The van der Waals surface area contributed by atoms with Gasteiger partial charge in [0.2, 0.25) is 0 Å². The van der Waals surface area contributed by atoms with Gasteiger partial charge in [-0.2, -0.15) is 0 Å². The van der Waals surface area contributed by atoms with E-state index in [9.17, 15) is 9.59 Å². The summed E-state index contributed by atoms with van der Waals surface area (Å²) >= 11 is 0. The second-order valence-electron chi connectivity index (χ2n) is 10.4. The van der Waals surface area contributed by atoms with Crippen LogP contribution in [-0.2, 0) is 4.74 Å². The largest absolute Gasteiger partial charge is 0.378 e. The van der Waals surface area contributed by atoms with Gasteiger partial charge in [0.15, 0.2) is 0 Å². The summed E-state index contributed by atoms with van der Waals surface area (Å²) in [5.74, 6) is 0.0753. The molecular weight excluding hydrogens is 478 g/mol. The Balaban J connectivity index is 1.09. The van der Waals surface area contributed by atoms with Crippen molar-refractivity contribution in [2.45, 2.75) is 18.9 Å². The third-order valence-electron chi connectivity index (χ3n) is 8.15. The number of aromatic nitrogens is 1. The lowest BCUT2D eigenvalue weighted by Gasteiger charge is -2.43. The van der Waals surface area contributed by atoms with Crippen LogP contribution in [0.3, 0.4) is 0 Å². The number of likely N-dealkylation sites (tertiary alicyclic amines) is 1.